The van der Waals surface area contributed by atoms with Crippen molar-refractivity contribution in [2.75, 3.05) is 13.3 Å². The van der Waals surface area contributed by atoms with E-state index >= 15 is 0 Å². The number of carbonyl (C=O) groups is 1. The molecule has 7 heteroatoms. The topological polar surface area (TPSA) is 73.3 Å². The Hall–Kier alpha value is -2.93. The van der Waals surface area contributed by atoms with Crippen molar-refractivity contribution in [3.63, 3.8) is 0 Å². The van der Waals surface area contributed by atoms with Crippen molar-refractivity contribution in [2.24, 2.45) is 0 Å². The van der Waals surface area contributed by atoms with Crippen LogP contribution in [0.25, 0.3) is 10.7 Å². The molecule has 1 aromatic carbocycles. The van der Waals surface area contributed by atoms with Crippen LogP contribution in [0.2, 0.25) is 0 Å². The lowest BCUT2D eigenvalue weighted by Crippen LogP contribution is -2.25. The van der Waals surface area contributed by atoms with Gasteiger partial charge in [-0.1, -0.05) is 6.07 Å². The summed E-state index contributed by atoms with van der Waals surface area (Å²) in [6.07, 6.45) is 2.42. The Morgan fingerprint density at radius 1 is 1.20 bits per heavy atom. The third kappa shape index (κ3) is 3.46. The highest BCUT2D eigenvalue weighted by atomic mass is 32.1. The highest BCUT2D eigenvalue weighted by Gasteiger charge is 2.16. The molecule has 25 heavy (non-hydrogen) atoms. The first kappa shape index (κ1) is 15.6. The van der Waals surface area contributed by atoms with Gasteiger partial charge in [-0.05, 0) is 30.3 Å². The van der Waals surface area contributed by atoms with Gasteiger partial charge in [-0.2, -0.15) is 0 Å². The zero-order valence-corrected chi connectivity index (χ0v) is 14.1. The van der Waals surface area contributed by atoms with Gasteiger partial charge in [0, 0.05) is 30.1 Å². The summed E-state index contributed by atoms with van der Waals surface area (Å²) < 4.78 is 10.5. The molecule has 0 saturated carbocycles. The number of amides is 1. The Kier molecular flexibility index (Phi) is 4.30. The summed E-state index contributed by atoms with van der Waals surface area (Å²) in [5.41, 5.74) is 2.36. The molecule has 126 valence electrons. The van der Waals surface area contributed by atoms with Crippen LogP contribution in [0.3, 0.4) is 0 Å². The molecule has 0 unspecified atom stereocenters. The number of benzene rings is 1. The summed E-state index contributed by atoms with van der Waals surface area (Å²) >= 11 is 1.55. The van der Waals surface area contributed by atoms with E-state index in [-0.39, 0.29) is 12.7 Å². The molecule has 0 aliphatic carbocycles. The monoisotopic (exact) mass is 353 g/mol. The highest BCUT2D eigenvalue weighted by molar-refractivity contribution is 7.13. The number of hydrogen-bond acceptors (Lipinski definition) is 6. The van der Waals surface area contributed by atoms with Gasteiger partial charge in [-0.3, -0.25) is 9.78 Å². The fraction of sp³-hybridized carbons (Fsp3) is 0.167. The van der Waals surface area contributed by atoms with Crippen molar-refractivity contribution in [3.8, 4) is 22.2 Å². The van der Waals surface area contributed by atoms with E-state index in [0.29, 0.717) is 30.0 Å². The predicted molar refractivity (Wildman–Crippen MR) is 93.9 cm³/mol. The van der Waals surface area contributed by atoms with E-state index in [2.05, 4.69) is 15.3 Å². The minimum absolute atomic E-state index is 0.140. The number of hydrogen-bond donors (Lipinski definition) is 1. The van der Waals surface area contributed by atoms with Crippen LogP contribution in [0.5, 0.6) is 11.5 Å². The summed E-state index contributed by atoms with van der Waals surface area (Å²) in [6.45, 7) is 0.710. The molecule has 6 nitrogen and oxygen atoms in total. The van der Waals surface area contributed by atoms with Gasteiger partial charge in [0.05, 0.1) is 11.4 Å². The van der Waals surface area contributed by atoms with Crippen LogP contribution in [0.1, 0.15) is 16.1 Å². The largest absolute Gasteiger partial charge is 0.454 e. The molecule has 0 fully saturated rings. The molecular weight excluding hydrogens is 338 g/mol. The van der Waals surface area contributed by atoms with Crippen molar-refractivity contribution in [2.45, 2.75) is 6.42 Å². The molecule has 2 aromatic heterocycles. The number of aromatic nitrogens is 2. The third-order valence-corrected chi connectivity index (χ3v) is 4.65. The van der Waals surface area contributed by atoms with E-state index in [9.17, 15) is 4.79 Å². The number of pyridine rings is 1. The number of fused-ring (bicyclic) bond motifs is 1. The van der Waals surface area contributed by atoms with Crippen LogP contribution in [-0.2, 0) is 6.42 Å². The van der Waals surface area contributed by atoms with Crippen LogP contribution in [0.15, 0.2) is 48.0 Å². The van der Waals surface area contributed by atoms with Crippen LogP contribution < -0.4 is 14.8 Å². The normalized spacial score (nSPS) is 12.2. The molecule has 1 N–H and O–H groups in total. The average molecular weight is 353 g/mol. The van der Waals surface area contributed by atoms with E-state index in [1.165, 1.54) is 0 Å². The smallest absolute Gasteiger partial charge is 0.251 e. The first-order chi connectivity index (χ1) is 12.3. The predicted octanol–water partition coefficient (Wildman–Crippen LogP) is 2.91. The summed E-state index contributed by atoms with van der Waals surface area (Å²) in [7, 11) is 0. The number of nitrogens with one attached hydrogen (secondary N) is 1. The van der Waals surface area contributed by atoms with Gasteiger partial charge < -0.3 is 14.8 Å². The minimum Gasteiger partial charge on any atom is -0.454 e. The molecule has 0 atom stereocenters. The number of nitrogens with zero attached hydrogens (tertiary/aromatic N) is 2. The summed E-state index contributed by atoms with van der Waals surface area (Å²) in [4.78, 5) is 21.1. The van der Waals surface area contributed by atoms with E-state index < -0.39 is 0 Å². The summed E-state index contributed by atoms with van der Waals surface area (Å²) in [5, 5.41) is 5.78. The average Bonchev–Trinajstić information content (AvgIpc) is 3.31. The lowest BCUT2D eigenvalue weighted by Gasteiger charge is -2.05. The molecule has 0 spiro atoms. The van der Waals surface area contributed by atoms with E-state index in [0.717, 1.165) is 16.4 Å². The van der Waals surface area contributed by atoms with Crippen LogP contribution in [-0.4, -0.2) is 29.2 Å². The lowest BCUT2D eigenvalue weighted by atomic mass is 10.2. The Balaban J connectivity index is 1.33. The second-order valence-corrected chi connectivity index (χ2v) is 6.29. The first-order valence-electron chi connectivity index (χ1n) is 7.83. The summed E-state index contributed by atoms with van der Waals surface area (Å²) in [6, 6.07) is 10.9. The van der Waals surface area contributed by atoms with E-state index in [1.807, 2.05) is 23.6 Å². The van der Waals surface area contributed by atoms with Crippen molar-refractivity contribution >= 4 is 17.2 Å². The maximum absolute atomic E-state index is 12.2. The fourth-order valence-electron chi connectivity index (χ4n) is 2.47. The number of thiazole rings is 1. The Bertz CT molecular complexity index is 896. The van der Waals surface area contributed by atoms with Crippen molar-refractivity contribution < 1.29 is 14.3 Å². The van der Waals surface area contributed by atoms with Crippen molar-refractivity contribution in [3.05, 3.63) is 59.2 Å². The lowest BCUT2D eigenvalue weighted by molar-refractivity contribution is 0.0953. The maximum Gasteiger partial charge on any atom is 0.251 e. The SMILES string of the molecule is O=C(NCCc1csc(-c2ccccn2)n1)c1ccc2c(c1)OCO2. The van der Waals surface area contributed by atoms with Gasteiger partial charge in [-0.25, -0.2) is 4.98 Å². The number of carbonyl (C=O) groups excluding carboxylic acids is 1. The minimum atomic E-state index is -0.140. The molecule has 3 aromatic rings. The van der Waals surface area contributed by atoms with Crippen LogP contribution in [0, 0.1) is 0 Å². The fourth-order valence-corrected chi connectivity index (χ4v) is 3.30. The van der Waals surface area contributed by atoms with Crippen LogP contribution in [0.4, 0.5) is 0 Å². The second-order valence-electron chi connectivity index (χ2n) is 5.43. The first-order valence-corrected chi connectivity index (χ1v) is 8.71. The van der Waals surface area contributed by atoms with Gasteiger partial charge in [0.25, 0.3) is 5.91 Å². The molecule has 1 amide bonds. The molecule has 0 bridgehead atoms. The zero-order valence-electron chi connectivity index (χ0n) is 13.3. The van der Waals surface area contributed by atoms with E-state index in [1.54, 1.807) is 35.7 Å². The van der Waals surface area contributed by atoms with Crippen LogP contribution >= 0.6 is 11.3 Å². The standard InChI is InChI=1S/C18H15N3O3S/c22-17(12-4-5-15-16(9-12)24-11-23-15)20-8-6-13-10-25-18(21-13)14-3-1-2-7-19-14/h1-5,7,9-10H,6,8,11H2,(H,20,22). The summed E-state index contributed by atoms with van der Waals surface area (Å²) in [5.74, 6) is 1.13. The Morgan fingerprint density at radius 3 is 3.00 bits per heavy atom. The second kappa shape index (κ2) is 6.90. The van der Waals surface area contributed by atoms with Gasteiger partial charge in [0.1, 0.15) is 5.01 Å². The highest BCUT2D eigenvalue weighted by Crippen LogP contribution is 2.32. The van der Waals surface area contributed by atoms with Gasteiger partial charge in [0.15, 0.2) is 11.5 Å². The third-order valence-electron chi connectivity index (χ3n) is 3.74. The molecule has 3 heterocycles. The number of rotatable bonds is 5. The van der Waals surface area contributed by atoms with Gasteiger partial charge in [0.2, 0.25) is 6.79 Å². The molecular formula is C18H15N3O3S. The molecule has 1 aliphatic rings. The van der Waals surface area contributed by atoms with Gasteiger partial charge in [-0.15, -0.1) is 11.3 Å². The molecule has 4 rings (SSSR count). The van der Waals surface area contributed by atoms with Crippen molar-refractivity contribution in [1.82, 2.24) is 15.3 Å². The van der Waals surface area contributed by atoms with Crippen molar-refractivity contribution in [1.29, 1.82) is 0 Å². The Morgan fingerprint density at radius 2 is 2.12 bits per heavy atom. The molecule has 0 saturated heterocycles. The molecule has 1 aliphatic heterocycles. The number of ether oxygens (including phenoxy) is 2. The Labute approximate surface area is 148 Å². The van der Waals surface area contributed by atoms with Gasteiger partial charge >= 0.3 is 0 Å². The quantitative estimate of drug-likeness (QED) is 0.763. The van der Waals surface area contributed by atoms with E-state index in [4.69, 9.17) is 9.47 Å². The zero-order chi connectivity index (χ0) is 17.1. The maximum atomic E-state index is 12.2. The molecule has 0 radical (unpaired) electrons.